The van der Waals surface area contributed by atoms with E-state index >= 15 is 0 Å². The smallest absolute Gasteiger partial charge is 0.258 e. The summed E-state index contributed by atoms with van der Waals surface area (Å²) in [6.45, 7) is 4.38. The van der Waals surface area contributed by atoms with Gasteiger partial charge in [0.2, 0.25) is 5.91 Å². The summed E-state index contributed by atoms with van der Waals surface area (Å²) in [5.74, 6) is 0.173. The Morgan fingerprint density at radius 1 is 1.19 bits per heavy atom. The molecule has 0 aliphatic carbocycles. The van der Waals surface area contributed by atoms with Crippen LogP contribution in [-0.4, -0.2) is 69.4 Å². The highest BCUT2D eigenvalue weighted by Crippen LogP contribution is 2.22. The summed E-state index contributed by atoms with van der Waals surface area (Å²) in [6.07, 6.45) is 6.17. The van der Waals surface area contributed by atoms with Gasteiger partial charge in [0.1, 0.15) is 29.5 Å². The lowest BCUT2D eigenvalue weighted by Crippen LogP contribution is -2.48. The quantitative estimate of drug-likeness (QED) is 0.463. The Kier molecular flexibility index (Phi) is 7.97. The lowest BCUT2D eigenvalue weighted by atomic mass is 10.0. The number of piperidine rings is 1. The molecule has 1 amide bonds. The molecular formula is C26H30ClFN6O3. The molecule has 5 rings (SSSR count). The third-order valence-corrected chi connectivity index (χ3v) is 7.35. The number of H-pyrrole nitrogens is 1. The van der Waals surface area contributed by atoms with Gasteiger partial charge in [-0.1, -0.05) is 11.6 Å². The Balaban J connectivity index is 1.18. The topological polar surface area (TPSA) is 103 Å². The molecule has 2 fully saturated rings. The highest BCUT2D eigenvalue weighted by atomic mass is 35.5. The Morgan fingerprint density at radius 2 is 1.97 bits per heavy atom. The number of halogens is 2. The lowest BCUT2D eigenvalue weighted by molar-refractivity contribution is -0.131. The normalized spacial score (nSPS) is 17.0. The predicted octanol–water partition coefficient (Wildman–Crippen LogP) is 2.87. The molecule has 2 aromatic heterocycles. The molecule has 1 aromatic carbocycles. The van der Waals surface area contributed by atoms with Crippen molar-refractivity contribution in [3.63, 3.8) is 0 Å². The van der Waals surface area contributed by atoms with Crippen LogP contribution < -0.4 is 15.6 Å². The van der Waals surface area contributed by atoms with Crippen molar-refractivity contribution in [1.82, 2.24) is 30.1 Å². The molecule has 37 heavy (non-hydrogen) atoms. The summed E-state index contributed by atoms with van der Waals surface area (Å²) in [4.78, 5) is 41.5. The maximum absolute atomic E-state index is 13.4. The average Bonchev–Trinajstić information content (AvgIpc) is 3.45. The monoisotopic (exact) mass is 528 g/mol. The van der Waals surface area contributed by atoms with E-state index in [0.717, 1.165) is 25.9 Å². The molecule has 0 unspecified atom stereocenters. The largest absolute Gasteiger partial charge is 0.486 e. The van der Waals surface area contributed by atoms with Gasteiger partial charge < -0.3 is 24.8 Å². The van der Waals surface area contributed by atoms with E-state index in [9.17, 15) is 14.0 Å². The van der Waals surface area contributed by atoms with E-state index in [4.69, 9.17) is 16.3 Å². The van der Waals surface area contributed by atoms with Crippen LogP contribution in [0.4, 0.5) is 4.39 Å². The fourth-order valence-corrected chi connectivity index (χ4v) is 5.24. The molecule has 4 heterocycles. The second-order valence-corrected chi connectivity index (χ2v) is 9.90. The first-order valence-electron chi connectivity index (χ1n) is 12.6. The number of aromatic amines is 1. The van der Waals surface area contributed by atoms with Gasteiger partial charge in [-0.2, -0.15) is 0 Å². The summed E-state index contributed by atoms with van der Waals surface area (Å²) in [7, 11) is 0. The van der Waals surface area contributed by atoms with E-state index in [1.54, 1.807) is 12.3 Å². The highest BCUT2D eigenvalue weighted by Gasteiger charge is 2.28. The minimum absolute atomic E-state index is 0.0409. The van der Waals surface area contributed by atoms with Gasteiger partial charge >= 0.3 is 0 Å². The van der Waals surface area contributed by atoms with Gasteiger partial charge in [-0.3, -0.25) is 14.6 Å². The number of carbonyl (C=O) groups is 1. The van der Waals surface area contributed by atoms with Crippen LogP contribution in [0.15, 0.2) is 35.3 Å². The summed E-state index contributed by atoms with van der Waals surface area (Å²) in [5.41, 5.74) is 0.685. The number of nitrogens with zero attached hydrogens (tertiary/aromatic N) is 4. The Hall–Kier alpha value is -3.08. The van der Waals surface area contributed by atoms with Crippen molar-refractivity contribution in [2.75, 3.05) is 32.7 Å². The van der Waals surface area contributed by atoms with Gasteiger partial charge in [0.25, 0.3) is 5.56 Å². The van der Waals surface area contributed by atoms with Crippen molar-refractivity contribution in [2.24, 2.45) is 0 Å². The fraction of sp³-hybridized carbons (Fsp3) is 0.462. The number of amides is 1. The molecule has 2 aliphatic rings. The summed E-state index contributed by atoms with van der Waals surface area (Å²) < 4.78 is 19.0. The third-order valence-electron chi connectivity index (χ3n) is 7.06. The SMILES string of the molecule is O=C(CNCc1nccc2c(=O)[nH]c(COc3ccc(F)c(Cl)c3)nc12)N1CCC(N2CCCC2)CC1. The molecule has 0 saturated carbocycles. The number of ether oxygens (including phenoxy) is 1. The Bertz CT molecular complexity index is 1320. The number of hydrogen-bond acceptors (Lipinski definition) is 7. The summed E-state index contributed by atoms with van der Waals surface area (Å²) in [6, 6.07) is 6.22. The molecule has 0 spiro atoms. The van der Waals surface area contributed by atoms with E-state index in [-0.39, 0.29) is 36.2 Å². The molecule has 0 atom stereocenters. The van der Waals surface area contributed by atoms with Gasteiger partial charge in [0.15, 0.2) is 0 Å². The number of nitrogens with one attached hydrogen (secondary N) is 2. The van der Waals surface area contributed by atoms with E-state index in [0.29, 0.717) is 34.2 Å². The number of aromatic nitrogens is 3. The van der Waals surface area contributed by atoms with Crippen LogP contribution in [0.5, 0.6) is 5.75 Å². The van der Waals surface area contributed by atoms with E-state index in [2.05, 4.69) is 25.2 Å². The van der Waals surface area contributed by atoms with Crippen molar-refractivity contribution in [1.29, 1.82) is 0 Å². The minimum Gasteiger partial charge on any atom is -0.486 e. The fourth-order valence-electron chi connectivity index (χ4n) is 5.07. The number of carbonyl (C=O) groups excluding carboxylic acids is 1. The van der Waals surface area contributed by atoms with Crippen LogP contribution in [0.2, 0.25) is 5.02 Å². The molecule has 9 nitrogen and oxygen atoms in total. The second-order valence-electron chi connectivity index (χ2n) is 9.49. The molecule has 11 heteroatoms. The van der Waals surface area contributed by atoms with Gasteiger partial charge in [0, 0.05) is 37.9 Å². The van der Waals surface area contributed by atoms with Crippen LogP contribution in [0.25, 0.3) is 10.9 Å². The minimum atomic E-state index is -0.542. The summed E-state index contributed by atoms with van der Waals surface area (Å²) >= 11 is 5.80. The van der Waals surface area contributed by atoms with E-state index in [1.807, 2.05) is 4.90 Å². The van der Waals surface area contributed by atoms with Crippen molar-refractivity contribution in [2.45, 2.75) is 44.9 Å². The van der Waals surface area contributed by atoms with Crippen LogP contribution in [-0.2, 0) is 17.9 Å². The molecule has 0 radical (unpaired) electrons. The molecule has 2 aliphatic heterocycles. The standard InChI is InChI=1S/C26H30ClFN6O3/c27-20-13-18(3-4-21(20)28)37-16-23-31-25-19(26(36)32-23)5-8-30-22(25)14-29-15-24(35)34-11-6-17(7-12-34)33-9-1-2-10-33/h3-5,8,13,17,29H,1-2,6-7,9-12,14-16H2,(H,31,32,36). The molecular weight excluding hydrogens is 499 g/mol. The Labute approximate surface area is 219 Å². The summed E-state index contributed by atoms with van der Waals surface area (Å²) in [5, 5.41) is 3.51. The molecule has 2 saturated heterocycles. The van der Waals surface area contributed by atoms with Crippen LogP contribution in [0, 0.1) is 5.82 Å². The van der Waals surface area contributed by atoms with Gasteiger partial charge in [0.05, 0.1) is 22.6 Å². The molecule has 0 bridgehead atoms. The molecule has 2 N–H and O–H groups in total. The van der Waals surface area contributed by atoms with Gasteiger partial charge in [-0.05, 0) is 57.0 Å². The second kappa shape index (κ2) is 11.5. The van der Waals surface area contributed by atoms with Crippen LogP contribution >= 0.6 is 11.6 Å². The molecule has 196 valence electrons. The van der Waals surface area contributed by atoms with E-state index in [1.165, 1.54) is 44.1 Å². The first-order chi connectivity index (χ1) is 18.0. The zero-order valence-corrected chi connectivity index (χ0v) is 21.3. The van der Waals surface area contributed by atoms with E-state index < -0.39 is 5.82 Å². The van der Waals surface area contributed by atoms with Crippen LogP contribution in [0.3, 0.4) is 0 Å². The lowest BCUT2D eigenvalue weighted by Gasteiger charge is -2.36. The van der Waals surface area contributed by atoms with Crippen LogP contribution in [0.1, 0.15) is 37.2 Å². The number of hydrogen-bond donors (Lipinski definition) is 2. The van der Waals surface area contributed by atoms with Crippen molar-refractivity contribution < 1.29 is 13.9 Å². The van der Waals surface area contributed by atoms with Crippen molar-refractivity contribution >= 4 is 28.4 Å². The maximum atomic E-state index is 13.4. The first kappa shape index (κ1) is 25.6. The molecule has 3 aromatic rings. The predicted molar refractivity (Wildman–Crippen MR) is 138 cm³/mol. The first-order valence-corrected chi connectivity index (χ1v) is 13.0. The number of rotatable bonds is 8. The van der Waals surface area contributed by atoms with Gasteiger partial charge in [-0.25, -0.2) is 9.37 Å². The number of likely N-dealkylation sites (tertiary alicyclic amines) is 2. The van der Waals surface area contributed by atoms with Crippen molar-refractivity contribution in [3.8, 4) is 5.75 Å². The Morgan fingerprint density at radius 3 is 2.73 bits per heavy atom. The van der Waals surface area contributed by atoms with Crippen molar-refractivity contribution in [3.05, 3.63) is 63.2 Å². The van der Waals surface area contributed by atoms with Gasteiger partial charge in [-0.15, -0.1) is 0 Å². The zero-order valence-electron chi connectivity index (χ0n) is 20.5. The average molecular weight is 529 g/mol. The highest BCUT2D eigenvalue weighted by molar-refractivity contribution is 6.30. The number of benzene rings is 1. The number of fused-ring (bicyclic) bond motifs is 1. The number of pyridine rings is 1. The zero-order chi connectivity index (χ0) is 25.8. The third kappa shape index (κ3) is 6.08. The maximum Gasteiger partial charge on any atom is 0.258 e.